The fourth-order valence-corrected chi connectivity index (χ4v) is 3.11. The van der Waals surface area contributed by atoms with Gasteiger partial charge in [0, 0.05) is 15.5 Å². The summed E-state index contributed by atoms with van der Waals surface area (Å²) in [6.45, 7) is 1.79. The van der Waals surface area contributed by atoms with E-state index in [2.05, 4.69) is 42.5 Å². The van der Waals surface area contributed by atoms with Gasteiger partial charge in [-0.1, -0.05) is 6.07 Å². The van der Waals surface area contributed by atoms with Crippen LogP contribution in [0.5, 0.6) is 0 Å². The number of carbonyl (C=O) groups is 1. The van der Waals surface area contributed by atoms with Gasteiger partial charge in [-0.05, 0) is 63.4 Å². The number of para-hydroxylation sites is 1. The van der Waals surface area contributed by atoms with E-state index >= 15 is 0 Å². The molecule has 0 radical (unpaired) electrons. The van der Waals surface area contributed by atoms with Gasteiger partial charge in [0.2, 0.25) is 5.91 Å². The molecule has 1 aliphatic rings. The molecule has 1 aromatic rings. The highest BCUT2D eigenvalue weighted by atomic mass is 79.9. The number of piperidine rings is 1. The van der Waals surface area contributed by atoms with E-state index in [1.54, 1.807) is 0 Å². The summed E-state index contributed by atoms with van der Waals surface area (Å²) in [5.41, 5.74) is 0.808. The summed E-state index contributed by atoms with van der Waals surface area (Å²) in [5, 5.41) is 6.22. The van der Waals surface area contributed by atoms with E-state index in [0.717, 1.165) is 40.6 Å². The molecule has 0 spiro atoms. The molecule has 0 unspecified atom stereocenters. The summed E-state index contributed by atoms with van der Waals surface area (Å²) in [6.07, 6.45) is 2.02. The number of hydrogen-bond donors (Lipinski definition) is 2. The molecule has 1 saturated heterocycles. The quantitative estimate of drug-likeness (QED) is 0.849. The molecule has 1 heterocycles. The topological polar surface area (TPSA) is 41.1 Å². The van der Waals surface area contributed by atoms with Crippen molar-refractivity contribution >= 4 is 43.5 Å². The van der Waals surface area contributed by atoms with Gasteiger partial charge in [0.15, 0.2) is 0 Å². The zero-order chi connectivity index (χ0) is 12.3. The Kier molecular flexibility index (Phi) is 4.59. The van der Waals surface area contributed by atoms with Gasteiger partial charge in [0.1, 0.15) is 0 Å². The Bertz CT molecular complexity index is 397. The Morgan fingerprint density at radius 1 is 1.35 bits per heavy atom. The predicted molar refractivity (Wildman–Crippen MR) is 76.1 cm³/mol. The maximum atomic E-state index is 12.1. The lowest BCUT2D eigenvalue weighted by Crippen LogP contribution is -2.37. The van der Waals surface area contributed by atoms with Crippen LogP contribution < -0.4 is 10.6 Å². The molecule has 92 valence electrons. The maximum Gasteiger partial charge on any atom is 0.228 e. The second-order valence-corrected chi connectivity index (χ2v) is 5.84. The molecule has 1 fully saturated rings. The van der Waals surface area contributed by atoms with Crippen LogP contribution in [0, 0.1) is 5.92 Å². The fraction of sp³-hybridized carbons (Fsp3) is 0.417. The fourth-order valence-electron chi connectivity index (χ4n) is 1.92. The molecule has 17 heavy (non-hydrogen) atoms. The number of rotatable bonds is 2. The summed E-state index contributed by atoms with van der Waals surface area (Å²) in [4.78, 5) is 12.1. The highest BCUT2D eigenvalue weighted by Gasteiger charge is 2.21. The zero-order valence-corrected chi connectivity index (χ0v) is 12.5. The van der Waals surface area contributed by atoms with Crippen LogP contribution in [0.1, 0.15) is 12.8 Å². The van der Waals surface area contributed by atoms with Crippen LogP contribution in [-0.4, -0.2) is 19.0 Å². The zero-order valence-electron chi connectivity index (χ0n) is 9.30. The van der Waals surface area contributed by atoms with Gasteiger partial charge >= 0.3 is 0 Å². The van der Waals surface area contributed by atoms with E-state index in [0.29, 0.717) is 0 Å². The summed E-state index contributed by atoms with van der Waals surface area (Å²) in [7, 11) is 0. The minimum atomic E-state index is 0.0720. The Balaban J connectivity index is 2.07. The molecule has 0 bridgehead atoms. The molecule has 3 nitrogen and oxygen atoms in total. The van der Waals surface area contributed by atoms with Crippen LogP contribution in [-0.2, 0) is 4.79 Å². The smallest absolute Gasteiger partial charge is 0.228 e. The van der Waals surface area contributed by atoms with Crippen molar-refractivity contribution in [3.8, 4) is 0 Å². The van der Waals surface area contributed by atoms with Gasteiger partial charge in [-0.25, -0.2) is 0 Å². The number of carbonyl (C=O) groups excluding carboxylic acids is 1. The molecule has 1 aromatic carbocycles. The molecular weight excluding hydrogens is 348 g/mol. The Morgan fingerprint density at radius 3 is 2.65 bits per heavy atom. The molecular formula is C12H14Br2N2O. The number of benzene rings is 1. The molecule has 2 N–H and O–H groups in total. The minimum absolute atomic E-state index is 0.0720. The molecule has 1 aliphatic heterocycles. The molecule has 1 atom stereocenters. The van der Waals surface area contributed by atoms with Gasteiger partial charge in [0.25, 0.3) is 0 Å². The van der Waals surface area contributed by atoms with E-state index < -0.39 is 0 Å². The molecule has 1 amide bonds. The van der Waals surface area contributed by atoms with Crippen molar-refractivity contribution in [3.05, 3.63) is 27.1 Å². The van der Waals surface area contributed by atoms with Crippen molar-refractivity contribution in [1.29, 1.82) is 0 Å². The van der Waals surface area contributed by atoms with E-state index in [-0.39, 0.29) is 11.8 Å². The van der Waals surface area contributed by atoms with E-state index in [1.165, 1.54) is 0 Å². The van der Waals surface area contributed by atoms with Crippen molar-refractivity contribution in [2.75, 3.05) is 18.4 Å². The number of anilines is 1. The number of halogens is 2. The number of nitrogens with one attached hydrogen (secondary N) is 2. The van der Waals surface area contributed by atoms with Crippen molar-refractivity contribution in [3.63, 3.8) is 0 Å². The van der Waals surface area contributed by atoms with E-state index in [9.17, 15) is 4.79 Å². The molecule has 0 aromatic heterocycles. The average Bonchev–Trinajstić information content (AvgIpc) is 2.35. The third-order valence-electron chi connectivity index (χ3n) is 2.88. The van der Waals surface area contributed by atoms with Crippen molar-refractivity contribution in [1.82, 2.24) is 5.32 Å². The summed E-state index contributed by atoms with van der Waals surface area (Å²) in [6, 6.07) is 5.75. The Labute approximate surface area is 118 Å². The lowest BCUT2D eigenvalue weighted by molar-refractivity contribution is -0.120. The summed E-state index contributed by atoms with van der Waals surface area (Å²) >= 11 is 6.88. The van der Waals surface area contributed by atoms with Crippen LogP contribution in [0.4, 0.5) is 5.69 Å². The average molecular weight is 362 g/mol. The highest BCUT2D eigenvalue weighted by molar-refractivity contribution is 9.11. The summed E-state index contributed by atoms with van der Waals surface area (Å²) < 4.78 is 1.79. The predicted octanol–water partition coefficient (Wildman–Crippen LogP) is 3.15. The van der Waals surface area contributed by atoms with Crippen molar-refractivity contribution in [2.45, 2.75) is 12.8 Å². The first kappa shape index (κ1) is 13.1. The number of hydrogen-bond acceptors (Lipinski definition) is 2. The monoisotopic (exact) mass is 360 g/mol. The van der Waals surface area contributed by atoms with Crippen LogP contribution in [0.15, 0.2) is 27.1 Å². The first-order valence-electron chi connectivity index (χ1n) is 5.64. The van der Waals surface area contributed by atoms with Crippen LogP contribution in [0.2, 0.25) is 0 Å². The lowest BCUT2D eigenvalue weighted by Gasteiger charge is -2.22. The second kappa shape index (κ2) is 5.98. The lowest BCUT2D eigenvalue weighted by atomic mass is 9.99. The Hall–Kier alpha value is -0.390. The normalized spacial score (nSPS) is 20.0. The van der Waals surface area contributed by atoms with Gasteiger partial charge in [-0.3, -0.25) is 4.79 Å². The SMILES string of the molecule is O=C(Nc1c(Br)cccc1Br)[C@H]1CCCNC1. The van der Waals surface area contributed by atoms with E-state index in [4.69, 9.17) is 0 Å². The molecule has 0 saturated carbocycles. The van der Waals surface area contributed by atoms with Gasteiger partial charge in [0.05, 0.1) is 11.6 Å². The summed E-state index contributed by atoms with van der Waals surface area (Å²) in [5.74, 6) is 0.160. The molecule has 5 heteroatoms. The Morgan fingerprint density at radius 2 is 2.06 bits per heavy atom. The third kappa shape index (κ3) is 3.30. The van der Waals surface area contributed by atoms with Crippen LogP contribution >= 0.6 is 31.9 Å². The minimum Gasteiger partial charge on any atom is -0.324 e. The highest BCUT2D eigenvalue weighted by Crippen LogP contribution is 2.31. The second-order valence-electron chi connectivity index (χ2n) is 4.13. The van der Waals surface area contributed by atoms with Crippen molar-refractivity contribution in [2.24, 2.45) is 5.92 Å². The van der Waals surface area contributed by atoms with E-state index in [1.807, 2.05) is 18.2 Å². The van der Waals surface area contributed by atoms with Gasteiger partial charge in [-0.2, -0.15) is 0 Å². The molecule has 2 rings (SSSR count). The van der Waals surface area contributed by atoms with Crippen LogP contribution in [0.3, 0.4) is 0 Å². The first-order valence-corrected chi connectivity index (χ1v) is 7.22. The van der Waals surface area contributed by atoms with Crippen LogP contribution in [0.25, 0.3) is 0 Å². The third-order valence-corrected chi connectivity index (χ3v) is 4.20. The largest absolute Gasteiger partial charge is 0.324 e. The van der Waals surface area contributed by atoms with Gasteiger partial charge in [-0.15, -0.1) is 0 Å². The van der Waals surface area contributed by atoms with Gasteiger partial charge < -0.3 is 10.6 Å². The number of amides is 1. The maximum absolute atomic E-state index is 12.1. The first-order chi connectivity index (χ1) is 8.18. The standard InChI is InChI=1S/C12H14Br2N2O/c13-9-4-1-5-10(14)11(9)16-12(17)8-3-2-6-15-7-8/h1,4-5,8,15H,2-3,6-7H2,(H,16,17)/t8-/m0/s1. The van der Waals surface area contributed by atoms with Crippen molar-refractivity contribution < 1.29 is 4.79 Å². The molecule has 0 aliphatic carbocycles.